The third-order valence-corrected chi connectivity index (χ3v) is 3.57. The van der Waals surface area contributed by atoms with E-state index in [4.69, 9.17) is 5.11 Å². The Morgan fingerprint density at radius 1 is 1.78 bits per heavy atom. The van der Waals surface area contributed by atoms with E-state index in [1.54, 1.807) is 11.3 Å². The molecule has 0 aromatic carbocycles. The summed E-state index contributed by atoms with van der Waals surface area (Å²) in [6.45, 7) is 2.15. The van der Waals surface area contributed by atoms with Crippen LogP contribution in [0.5, 0.6) is 0 Å². The van der Waals surface area contributed by atoms with E-state index in [0.29, 0.717) is 0 Å². The van der Waals surface area contributed by atoms with Gasteiger partial charge in [-0.05, 0) is 33.8 Å². The largest absolute Gasteiger partial charge is 0.391 e. The summed E-state index contributed by atoms with van der Waals surface area (Å²) in [7, 11) is 0. The normalized spacial score (nSPS) is 10.1. The molecule has 1 heterocycles. The lowest BCUT2D eigenvalue weighted by atomic mass is 10.3. The van der Waals surface area contributed by atoms with Crippen LogP contribution in [0, 0.1) is 6.92 Å². The van der Waals surface area contributed by atoms with Gasteiger partial charge in [-0.2, -0.15) is 0 Å². The van der Waals surface area contributed by atoms with Gasteiger partial charge in [0.05, 0.1) is 6.61 Å². The van der Waals surface area contributed by atoms with E-state index >= 15 is 0 Å². The van der Waals surface area contributed by atoms with Gasteiger partial charge in [0.1, 0.15) is 0 Å². The number of aliphatic hydroxyl groups excluding tert-OH is 1. The Labute approximate surface area is 66.5 Å². The van der Waals surface area contributed by atoms with Crippen LogP contribution in [0.1, 0.15) is 10.4 Å². The van der Waals surface area contributed by atoms with Gasteiger partial charge in [-0.15, -0.1) is 11.3 Å². The first kappa shape index (κ1) is 7.25. The fraction of sp³-hybridized carbons (Fsp3) is 0.333. The third-order valence-electron chi connectivity index (χ3n) is 1.11. The molecule has 0 spiro atoms. The van der Waals surface area contributed by atoms with Crippen molar-refractivity contribution in [3.05, 3.63) is 20.3 Å². The van der Waals surface area contributed by atoms with Crippen molar-refractivity contribution in [2.24, 2.45) is 0 Å². The van der Waals surface area contributed by atoms with Crippen LogP contribution in [0.3, 0.4) is 0 Å². The first-order chi connectivity index (χ1) is 4.25. The number of halogens is 1. The highest BCUT2D eigenvalue weighted by Crippen LogP contribution is 2.27. The molecule has 9 heavy (non-hydrogen) atoms. The smallest absolute Gasteiger partial charge is 0.0785 e. The van der Waals surface area contributed by atoms with Crippen LogP contribution in [0.4, 0.5) is 0 Å². The lowest BCUT2D eigenvalue weighted by molar-refractivity contribution is 0.285. The number of hydrogen-bond acceptors (Lipinski definition) is 2. The molecule has 1 aromatic heterocycles. The minimum Gasteiger partial charge on any atom is -0.391 e. The summed E-state index contributed by atoms with van der Waals surface area (Å²) in [6, 6.07) is 0. The van der Waals surface area contributed by atoms with Gasteiger partial charge < -0.3 is 5.11 Å². The van der Waals surface area contributed by atoms with Gasteiger partial charge in [-0.25, -0.2) is 0 Å². The van der Waals surface area contributed by atoms with Crippen LogP contribution < -0.4 is 0 Å². The predicted molar refractivity (Wildman–Crippen MR) is 42.7 cm³/mol. The van der Waals surface area contributed by atoms with Gasteiger partial charge in [0, 0.05) is 9.35 Å². The minimum absolute atomic E-state index is 0.138. The number of thiophene rings is 1. The van der Waals surface area contributed by atoms with Gasteiger partial charge in [0.2, 0.25) is 0 Å². The summed E-state index contributed by atoms with van der Waals surface area (Å²) in [5, 5.41) is 10.7. The molecule has 50 valence electrons. The second-order valence-corrected chi connectivity index (χ2v) is 3.57. The molecule has 0 bridgehead atoms. The van der Waals surface area contributed by atoms with Crippen LogP contribution >= 0.6 is 27.3 Å². The van der Waals surface area contributed by atoms with Crippen molar-refractivity contribution in [3.63, 3.8) is 0 Å². The van der Waals surface area contributed by atoms with Crippen molar-refractivity contribution in [1.29, 1.82) is 0 Å². The quantitative estimate of drug-likeness (QED) is 0.749. The highest BCUT2D eigenvalue weighted by atomic mass is 79.9. The van der Waals surface area contributed by atoms with E-state index < -0.39 is 0 Å². The van der Waals surface area contributed by atoms with E-state index in [1.165, 1.54) is 5.56 Å². The van der Waals surface area contributed by atoms with Gasteiger partial charge in [0.15, 0.2) is 0 Å². The molecule has 0 saturated heterocycles. The highest BCUT2D eigenvalue weighted by molar-refractivity contribution is 9.10. The van der Waals surface area contributed by atoms with E-state index in [-0.39, 0.29) is 6.61 Å². The Bertz CT molecular complexity index is 207. The highest BCUT2D eigenvalue weighted by Gasteiger charge is 2.02. The lowest BCUT2D eigenvalue weighted by Crippen LogP contribution is -1.75. The summed E-state index contributed by atoms with van der Waals surface area (Å²) < 4.78 is 1.05. The molecular weight excluding hydrogens is 200 g/mol. The fourth-order valence-corrected chi connectivity index (χ4v) is 2.04. The maximum Gasteiger partial charge on any atom is 0.0785 e. The molecule has 0 saturated carbocycles. The number of aliphatic hydroxyl groups is 1. The molecule has 0 atom stereocenters. The summed E-state index contributed by atoms with van der Waals surface area (Å²) in [4.78, 5) is 1.01. The standard InChI is InChI=1S/C6H7BrOS/c1-4-3-9-5(2-8)6(4)7/h3,8H,2H2,1H3. The second-order valence-electron chi connectivity index (χ2n) is 1.81. The first-order valence-corrected chi connectivity index (χ1v) is 4.26. The molecule has 1 nitrogen and oxygen atoms in total. The van der Waals surface area contributed by atoms with E-state index in [0.717, 1.165) is 9.35 Å². The van der Waals surface area contributed by atoms with Crippen molar-refractivity contribution in [3.8, 4) is 0 Å². The summed E-state index contributed by atoms with van der Waals surface area (Å²) in [6.07, 6.45) is 0. The Hall–Kier alpha value is 0.140. The fourth-order valence-electron chi connectivity index (χ4n) is 0.590. The molecule has 0 aliphatic heterocycles. The van der Waals surface area contributed by atoms with E-state index in [9.17, 15) is 0 Å². The Kier molecular flexibility index (Phi) is 2.27. The molecule has 0 aliphatic rings. The zero-order chi connectivity index (χ0) is 6.85. The first-order valence-electron chi connectivity index (χ1n) is 2.59. The lowest BCUT2D eigenvalue weighted by Gasteiger charge is -1.88. The number of rotatable bonds is 1. The van der Waals surface area contributed by atoms with Crippen LogP contribution in [0.25, 0.3) is 0 Å². The van der Waals surface area contributed by atoms with Crippen molar-refractivity contribution < 1.29 is 5.11 Å². The molecule has 1 rings (SSSR count). The van der Waals surface area contributed by atoms with Gasteiger partial charge >= 0.3 is 0 Å². The maximum atomic E-state index is 8.71. The zero-order valence-corrected chi connectivity index (χ0v) is 7.42. The molecular formula is C6H7BrOS. The molecule has 0 fully saturated rings. The predicted octanol–water partition coefficient (Wildman–Crippen LogP) is 2.31. The van der Waals surface area contributed by atoms with Crippen molar-refractivity contribution in [2.75, 3.05) is 0 Å². The Balaban J connectivity index is 3.04. The summed E-state index contributed by atoms with van der Waals surface area (Å²) in [5.74, 6) is 0. The SMILES string of the molecule is Cc1csc(CO)c1Br. The van der Waals surface area contributed by atoms with Crippen molar-refractivity contribution in [1.82, 2.24) is 0 Å². The molecule has 1 aromatic rings. The molecule has 0 radical (unpaired) electrons. The molecule has 0 unspecified atom stereocenters. The third kappa shape index (κ3) is 1.34. The summed E-state index contributed by atoms with van der Waals surface area (Å²) >= 11 is 4.94. The minimum atomic E-state index is 0.138. The molecule has 1 N–H and O–H groups in total. The second kappa shape index (κ2) is 2.82. The van der Waals surface area contributed by atoms with E-state index in [2.05, 4.69) is 15.9 Å². The number of hydrogen-bond donors (Lipinski definition) is 1. The van der Waals surface area contributed by atoms with Crippen molar-refractivity contribution in [2.45, 2.75) is 13.5 Å². The topological polar surface area (TPSA) is 20.2 Å². The molecule has 0 amide bonds. The summed E-state index contributed by atoms with van der Waals surface area (Å²) in [5.41, 5.74) is 1.20. The Morgan fingerprint density at radius 2 is 2.44 bits per heavy atom. The molecule has 0 aliphatic carbocycles. The average Bonchev–Trinajstić information content (AvgIpc) is 2.15. The van der Waals surface area contributed by atoms with Gasteiger partial charge in [-0.3, -0.25) is 0 Å². The van der Waals surface area contributed by atoms with Crippen LogP contribution in [-0.2, 0) is 6.61 Å². The van der Waals surface area contributed by atoms with Gasteiger partial charge in [-0.1, -0.05) is 0 Å². The zero-order valence-electron chi connectivity index (χ0n) is 5.02. The van der Waals surface area contributed by atoms with Crippen molar-refractivity contribution >= 4 is 27.3 Å². The average molecular weight is 207 g/mol. The van der Waals surface area contributed by atoms with Gasteiger partial charge in [0.25, 0.3) is 0 Å². The van der Waals surface area contributed by atoms with E-state index in [1.807, 2.05) is 12.3 Å². The number of aryl methyl sites for hydroxylation is 1. The maximum absolute atomic E-state index is 8.71. The van der Waals surface area contributed by atoms with Crippen LogP contribution in [-0.4, -0.2) is 5.11 Å². The van der Waals surface area contributed by atoms with Crippen LogP contribution in [0.2, 0.25) is 0 Å². The Morgan fingerprint density at radius 3 is 2.67 bits per heavy atom. The monoisotopic (exact) mass is 206 g/mol. The van der Waals surface area contributed by atoms with Crippen LogP contribution in [0.15, 0.2) is 9.85 Å². The molecule has 3 heteroatoms.